The molecule has 5 N–H and O–H groups in total. The van der Waals surface area contributed by atoms with E-state index in [1.54, 1.807) is 36.4 Å². The molecule has 7 nitrogen and oxygen atoms in total. The number of nitriles is 1. The van der Waals surface area contributed by atoms with E-state index in [0.29, 0.717) is 34.0 Å². The first-order valence-electron chi connectivity index (χ1n) is 10.5. The van der Waals surface area contributed by atoms with Crippen molar-refractivity contribution in [2.75, 3.05) is 5.73 Å². The molecule has 3 aromatic rings. The topological polar surface area (TPSA) is 139 Å². The lowest BCUT2D eigenvalue weighted by Crippen LogP contribution is -2.32. The normalized spacial score (nSPS) is 19.5. The van der Waals surface area contributed by atoms with E-state index in [4.69, 9.17) is 21.5 Å². The quantitative estimate of drug-likeness (QED) is 0.520. The number of Topliss-reactive ketones (excluding diaryl/α,β-unsaturated/α-hetero) is 1. The molecule has 2 aliphatic rings. The maximum atomic E-state index is 12.8. The van der Waals surface area contributed by atoms with Gasteiger partial charge in [-0.2, -0.15) is 5.26 Å². The van der Waals surface area contributed by atoms with Crippen molar-refractivity contribution in [3.05, 3.63) is 94.0 Å². The van der Waals surface area contributed by atoms with Crippen LogP contribution in [0.3, 0.4) is 0 Å². The Hall–Kier alpha value is -4.15. The zero-order valence-electron chi connectivity index (χ0n) is 18.2. The molecule has 2 atom stereocenters. The molecule has 166 valence electrons. The number of hydrogen-bond acceptors (Lipinski definition) is 6. The highest BCUT2D eigenvalue weighted by atomic mass is 16.6. The fraction of sp³-hybridized carbons (Fsp3) is 0.192. The molecule has 0 saturated heterocycles. The van der Waals surface area contributed by atoms with Crippen molar-refractivity contribution in [2.24, 2.45) is 5.73 Å². The van der Waals surface area contributed by atoms with Crippen molar-refractivity contribution in [1.29, 1.82) is 5.26 Å². The first-order chi connectivity index (χ1) is 15.7. The highest BCUT2D eigenvalue weighted by Gasteiger charge is 2.59. The van der Waals surface area contributed by atoms with Crippen molar-refractivity contribution >= 4 is 17.4 Å². The summed E-state index contributed by atoms with van der Waals surface area (Å²) in [4.78, 5) is 23.4. The fourth-order valence-corrected chi connectivity index (χ4v) is 4.29. The predicted octanol–water partition coefficient (Wildman–Crippen LogP) is 3.57. The number of amides is 1. The summed E-state index contributed by atoms with van der Waals surface area (Å²) in [5, 5.41) is 19.5. The number of primary amides is 1. The number of nitrogen functional groups attached to an aromatic ring is 1. The SMILES string of the molecule is CC(C)c1ccc2c(c1)OC1(O)c3cccc(N)c3C(=O)C21.N#Cc1ccccc1C(N)=O. The highest BCUT2D eigenvalue weighted by Crippen LogP contribution is 2.56. The number of hydrogen-bond donors (Lipinski definition) is 3. The van der Waals surface area contributed by atoms with E-state index in [-0.39, 0.29) is 11.3 Å². The Morgan fingerprint density at radius 3 is 2.52 bits per heavy atom. The van der Waals surface area contributed by atoms with Crippen LogP contribution in [0.1, 0.15) is 68.7 Å². The number of anilines is 1. The van der Waals surface area contributed by atoms with Gasteiger partial charge >= 0.3 is 0 Å². The Labute approximate surface area is 191 Å². The Kier molecular flexibility index (Phi) is 5.40. The van der Waals surface area contributed by atoms with Crippen LogP contribution in [0.15, 0.2) is 60.7 Å². The van der Waals surface area contributed by atoms with Gasteiger partial charge in [0.15, 0.2) is 5.78 Å². The lowest BCUT2D eigenvalue weighted by Gasteiger charge is -2.22. The second-order valence-corrected chi connectivity index (χ2v) is 8.34. The summed E-state index contributed by atoms with van der Waals surface area (Å²) in [5.74, 6) is -2.18. The van der Waals surface area contributed by atoms with Crippen molar-refractivity contribution in [3.63, 3.8) is 0 Å². The molecule has 1 heterocycles. The molecule has 0 spiro atoms. The maximum absolute atomic E-state index is 12.8. The van der Waals surface area contributed by atoms with Gasteiger partial charge in [-0.15, -0.1) is 0 Å². The van der Waals surface area contributed by atoms with E-state index < -0.39 is 17.6 Å². The van der Waals surface area contributed by atoms with Gasteiger partial charge in [0.25, 0.3) is 0 Å². The molecule has 0 aromatic heterocycles. The van der Waals surface area contributed by atoms with E-state index in [1.807, 2.05) is 24.3 Å². The van der Waals surface area contributed by atoms with Crippen LogP contribution in [-0.4, -0.2) is 16.8 Å². The number of benzene rings is 3. The van der Waals surface area contributed by atoms with Crippen LogP contribution in [0.2, 0.25) is 0 Å². The van der Waals surface area contributed by atoms with Gasteiger partial charge in [0, 0.05) is 16.8 Å². The zero-order chi connectivity index (χ0) is 23.9. The Morgan fingerprint density at radius 1 is 1.15 bits per heavy atom. The van der Waals surface area contributed by atoms with Gasteiger partial charge in [0.05, 0.1) is 22.8 Å². The molecular weight excluding hydrogens is 418 g/mol. The number of carbonyl (C=O) groups excluding carboxylic acids is 2. The molecule has 2 unspecified atom stereocenters. The van der Waals surface area contributed by atoms with Crippen molar-refractivity contribution in [2.45, 2.75) is 31.5 Å². The molecule has 1 aliphatic heterocycles. The molecule has 33 heavy (non-hydrogen) atoms. The number of ketones is 1. The van der Waals surface area contributed by atoms with Crippen molar-refractivity contribution < 1.29 is 19.4 Å². The number of nitrogens with two attached hydrogens (primary N) is 2. The summed E-state index contributed by atoms with van der Waals surface area (Å²) >= 11 is 0. The average molecular weight is 441 g/mol. The monoisotopic (exact) mass is 441 g/mol. The van der Waals surface area contributed by atoms with E-state index in [2.05, 4.69) is 13.8 Å². The molecule has 7 heteroatoms. The lowest BCUT2D eigenvalue weighted by molar-refractivity contribution is -0.134. The number of aliphatic hydroxyl groups is 1. The minimum absolute atomic E-state index is 0.174. The van der Waals surface area contributed by atoms with Crippen LogP contribution >= 0.6 is 0 Å². The average Bonchev–Trinajstić information content (AvgIpc) is 3.21. The third-order valence-electron chi connectivity index (χ3n) is 5.98. The smallest absolute Gasteiger partial charge is 0.250 e. The Balaban J connectivity index is 0.000000200. The van der Waals surface area contributed by atoms with E-state index >= 15 is 0 Å². The first-order valence-corrected chi connectivity index (χ1v) is 10.5. The first kappa shape index (κ1) is 22.1. The predicted molar refractivity (Wildman–Crippen MR) is 123 cm³/mol. The minimum atomic E-state index is -1.64. The summed E-state index contributed by atoms with van der Waals surface area (Å²) < 4.78 is 5.84. The maximum Gasteiger partial charge on any atom is 0.250 e. The van der Waals surface area contributed by atoms with Gasteiger partial charge in [-0.25, -0.2) is 0 Å². The molecule has 1 aliphatic carbocycles. The van der Waals surface area contributed by atoms with Crippen LogP contribution in [-0.2, 0) is 5.79 Å². The second kappa shape index (κ2) is 8.08. The number of nitrogens with zero attached hydrogens (tertiary/aromatic N) is 1. The fourth-order valence-electron chi connectivity index (χ4n) is 4.29. The molecule has 1 amide bonds. The van der Waals surface area contributed by atoms with Gasteiger partial charge in [0.2, 0.25) is 11.7 Å². The minimum Gasteiger partial charge on any atom is -0.457 e. The van der Waals surface area contributed by atoms with Crippen LogP contribution in [0.5, 0.6) is 5.75 Å². The summed E-state index contributed by atoms with van der Waals surface area (Å²) in [6.45, 7) is 4.18. The number of carbonyl (C=O) groups is 2. The van der Waals surface area contributed by atoms with Gasteiger partial charge in [0.1, 0.15) is 11.7 Å². The van der Waals surface area contributed by atoms with Gasteiger partial charge in [-0.05, 0) is 35.7 Å². The number of rotatable bonds is 2. The van der Waals surface area contributed by atoms with Gasteiger partial charge < -0.3 is 21.3 Å². The van der Waals surface area contributed by atoms with Crippen LogP contribution < -0.4 is 16.2 Å². The van der Waals surface area contributed by atoms with E-state index in [9.17, 15) is 14.7 Å². The second-order valence-electron chi connectivity index (χ2n) is 8.34. The van der Waals surface area contributed by atoms with Gasteiger partial charge in [-0.1, -0.05) is 50.2 Å². The Bertz CT molecular complexity index is 1330. The molecule has 3 aromatic carbocycles. The van der Waals surface area contributed by atoms with E-state index in [1.165, 1.54) is 6.07 Å². The summed E-state index contributed by atoms with van der Waals surface area (Å²) in [5.41, 5.74) is 14.6. The van der Waals surface area contributed by atoms with Crippen LogP contribution in [0.25, 0.3) is 0 Å². The third-order valence-corrected chi connectivity index (χ3v) is 5.98. The summed E-state index contributed by atoms with van der Waals surface area (Å²) in [7, 11) is 0. The lowest BCUT2D eigenvalue weighted by atomic mass is 9.91. The van der Waals surface area contributed by atoms with Crippen molar-refractivity contribution in [3.8, 4) is 11.8 Å². The highest BCUT2D eigenvalue weighted by molar-refractivity contribution is 6.11. The summed E-state index contributed by atoms with van der Waals surface area (Å²) in [6.07, 6.45) is 0. The van der Waals surface area contributed by atoms with Crippen LogP contribution in [0, 0.1) is 11.3 Å². The number of ether oxygens (including phenoxy) is 1. The molecule has 0 radical (unpaired) electrons. The molecule has 0 bridgehead atoms. The van der Waals surface area contributed by atoms with Crippen LogP contribution in [0.4, 0.5) is 5.69 Å². The van der Waals surface area contributed by atoms with Crippen molar-refractivity contribution in [1.82, 2.24) is 0 Å². The van der Waals surface area contributed by atoms with Gasteiger partial charge in [-0.3, -0.25) is 9.59 Å². The molecule has 0 saturated carbocycles. The molecule has 5 rings (SSSR count). The third kappa shape index (κ3) is 3.51. The molecule has 0 fully saturated rings. The Morgan fingerprint density at radius 2 is 1.88 bits per heavy atom. The summed E-state index contributed by atoms with van der Waals surface area (Å²) in [6, 6.07) is 19.2. The number of fused-ring (bicyclic) bond motifs is 5. The zero-order valence-corrected chi connectivity index (χ0v) is 18.2. The molecular formula is C26H23N3O4. The largest absolute Gasteiger partial charge is 0.457 e. The standard InChI is InChI=1S/C18H17NO3.C8H6N2O/c1-9(2)10-6-7-11-14(8-10)22-18(21)12-4-3-5-13(19)15(12)17(20)16(11)18;9-5-6-3-1-2-4-7(6)8(10)11/h3-9,16,21H,19H2,1-2H3;1-4H,(H2,10,11). The van der Waals surface area contributed by atoms with E-state index in [0.717, 1.165) is 11.1 Å².